The molecule has 0 saturated heterocycles. The number of nitrogens with one attached hydrogen (secondary N) is 1. The fourth-order valence-corrected chi connectivity index (χ4v) is 3.36. The Labute approximate surface area is 156 Å². The molecule has 26 heavy (non-hydrogen) atoms. The van der Waals surface area contributed by atoms with Crippen molar-refractivity contribution in [3.63, 3.8) is 0 Å². The second-order valence-electron chi connectivity index (χ2n) is 6.57. The van der Waals surface area contributed by atoms with Crippen molar-refractivity contribution >= 4 is 6.09 Å². The predicted molar refractivity (Wildman–Crippen MR) is 97.6 cm³/mol. The zero-order valence-electron chi connectivity index (χ0n) is 15.5. The van der Waals surface area contributed by atoms with E-state index in [1.807, 2.05) is 0 Å². The van der Waals surface area contributed by atoms with E-state index in [0.29, 0.717) is 77.1 Å². The van der Waals surface area contributed by atoms with E-state index in [-0.39, 0.29) is 6.09 Å². The second-order valence-corrected chi connectivity index (χ2v) is 6.57. The van der Waals surface area contributed by atoms with Gasteiger partial charge in [0.25, 0.3) is 0 Å². The van der Waals surface area contributed by atoms with E-state index >= 15 is 0 Å². The molecule has 0 unspecified atom stereocenters. The highest BCUT2D eigenvalue weighted by Gasteiger charge is 2.49. The Morgan fingerprint density at radius 2 is 1.50 bits per heavy atom. The molecule has 0 aliphatic heterocycles. The lowest BCUT2D eigenvalue weighted by atomic mass is 10.1. The van der Waals surface area contributed by atoms with Crippen molar-refractivity contribution in [1.29, 1.82) is 0 Å². The van der Waals surface area contributed by atoms with Crippen LogP contribution in [0, 0.1) is 29.6 Å². The minimum absolute atomic E-state index is 0.363. The van der Waals surface area contributed by atoms with Crippen LogP contribution in [0.2, 0.25) is 0 Å². The standard InChI is InChI=1S/C19H32N2O5/c20-7-9-23-11-13-25-14-12-24-10-8-21-19(22)26-15-18-16-5-3-1-2-4-6-17(16)18/h16-18H,3-15,20H2,(H,21,22)/t16-,17+,18-. The number of carbonyl (C=O) groups excluding carboxylic acids is 1. The predicted octanol–water partition coefficient (Wildman–Crippen LogP) is 1.16. The normalized spacial score (nSPS) is 23.8. The van der Waals surface area contributed by atoms with Crippen LogP contribution in [0.15, 0.2) is 0 Å². The van der Waals surface area contributed by atoms with Gasteiger partial charge in [0.1, 0.15) is 0 Å². The largest absolute Gasteiger partial charge is 0.449 e. The summed E-state index contributed by atoms with van der Waals surface area (Å²) in [5.41, 5.74) is 5.30. The minimum Gasteiger partial charge on any atom is -0.449 e. The molecular formula is C19H32N2O5. The molecule has 1 amide bonds. The number of hydrogen-bond donors (Lipinski definition) is 2. The number of hydrogen-bond acceptors (Lipinski definition) is 6. The maximum absolute atomic E-state index is 11.7. The van der Waals surface area contributed by atoms with Crippen molar-refractivity contribution in [2.45, 2.75) is 25.7 Å². The summed E-state index contributed by atoms with van der Waals surface area (Å²) >= 11 is 0. The summed E-state index contributed by atoms with van der Waals surface area (Å²) in [6.45, 7) is 4.53. The lowest BCUT2D eigenvalue weighted by Gasteiger charge is -2.08. The first-order valence-corrected chi connectivity index (χ1v) is 9.62. The van der Waals surface area contributed by atoms with Crippen LogP contribution in [0.25, 0.3) is 0 Å². The number of amides is 1. The molecule has 0 bridgehead atoms. The molecule has 0 aromatic carbocycles. The molecule has 0 aromatic rings. The summed E-state index contributed by atoms with van der Waals surface area (Å²) in [6.07, 6.45) is 3.87. The fraction of sp³-hybridized carbons (Fsp3) is 0.842. The molecule has 0 spiro atoms. The number of carbonyl (C=O) groups is 1. The number of rotatable bonds is 13. The molecule has 7 nitrogen and oxygen atoms in total. The van der Waals surface area contributed by atoms with Gasteiger partial charge in [-0.1, -0.05) is 0 Å². The van der Waals surface area contributed by atoms with Crippen LogP contribution in [-0.2, 0) is 18.9 Å². The van der Waals surface area contributed by atoms with Crippen molar-refractivity contribution in [2.75, 3.05) is 59.3 Å². The molecule has 2 aliphatic rings. The first kappa shape index (κ1) is 21.0. The van der Waals surface area contributed by atoms with Gasteiger partial charge in [0.05, 0.1) is 46.2 Å². The van der Waals surface area contributed by atoms with E-state index in [2.05, 4.69) is 17.2 Å². The van der Waals surface area contributed by atoms with Gasteiger partial charge in [-0.3, -0.25) is 0 Å². The van der Waals surface area contributed by atoms with Gasteiger partial charge in [0, 0.05) is 25.9 Å². The van der Waals surface area contributed by atoms with E-state index < -0.39 is 0 Å². The SMILES string of the molecule is NCCOCCOCCOCCNC(=O)OC[C@@H]1[C@@H]2CCC#CCC[C@@H]21. The Morgan fingerprint density at radius 1 is 0.923 bits per heavy atom. The Bertz CT molecular complexity index is 445. The zero-order chi connectivity index (χ0) is 18.5. The highest BCUT2D eigenvalue weighted by molar-refractivity contribution is 5.67. The van der Waals surface area contributed by atoms with Gasteiger partial charge in [0.2, 0.25) is 0 Å². The van der Waals surface area contributed by atoms with Crippen molar-refractivity contribution in [3.8, 4) is 11.8 Å². The van der Waals surface area contributed by atoms with Crippen molar-refractivity contribution in [1.82, 2.24) is 5.32 Å². The molecule has 0 aromatic heterocycles. The average molecular weight is 368 g/mol. The van der Waals surface area contributed by atoms with Crippen molar-refractivity contribution in [3.05, 3.63) is 0 Å². The molecule has 148 valence electrons. The van der Waals surface area contributed by atoms with Crippen molar-refractivity contribution in [2.24, 2.45) is 23.5 Å². The molecular weight excluding hydrogens is 336 g/mol. The van der Waals surface area contributed by atoms with Gasteiger partial charge in [-0.05, 0) is 30.6 Å². The number of alkyl carbamates (subject to hydrolysis) is 1. The lowest BCUT2D eigenvalue weighted by Crippen LogP contribution is -2.29. The van der Waals surface area contributed by atoms with Gasteiger partial charge in [-0.15, -0.1) is 11.8 Å². The first-order valence-electron chi connectivity index (χ1n) is 9.62. The van der Waals surface area contributed by atoms with Crippen LogP contribution in [-0.4, -0.2) is 65.4 Å². The molecule has 0 heterocycles. The summed E-state index contributed by atoms with van der Waals surface area (Å²) in [7, 11) is 0. The molecule has 0 radical (unpaired) electrons. The number of fused-ring (bicyclic) bond motifs is 1. The highest BCUT2D eigenvalue weighted by Crippen LogP contribution is 2.52. The molecule has 3 atom stereocenters. The van der Waals surface area contributed by atoms with E-state index in [1.54, 1.807) is 0 Å². The lowest BCUT2D eigenvalue weighted by molar-refractivity contribution is 0.0165. The minimum atomic E-state index is -0.363. The second kappa shape index (κ2) is 12.9. The molecule has 7 heteroatoms. The average Bonchev–Trinajstić information content (AvgIpc) is 3.27. The molecule has 2 aliphatic carbocycles. The maximum Gasteiger partial charge on any atom is 0.407 e. The zero-order valence-corrected chi connectivity index (χ0v) is 15.5. The third-order valence-corrected chi connectivity index (χ3v) is 4.77. The number of nitrogens with two attached hydrogens (primary N) is 1. The quantitative estimate of drug-likeness (QED) is 0.374. The van der Waals surface area contributed by atoms with Crippen LogP contribution >= 0.6 is 0 Å². The van der Waals surface area contributed by atoms with E-state index in [0.717, 1.165) is 25.7 Å². The van der Waals surface area contributed by atoms with Crippen molar-refractivity contribution < 1.29 is 23.7 Å². The highest BCUT2D eigenvalue weighted by atomic mass is 16.6. The topological polar surface area (TPSA) is 92.0 Å². The van der Waals surface area contributed by atoms with Crippen LogP contribution in [0.5, 0.6) is 0 Å². The van der Waals surface area contributed by atoms with Gasteiger partial charge in [-0.25, -0.2) is 4.79 Å². The van der Waals surface area contributed by atoms with Gasteiger partial charge >= 0.3 is 6.09 Å². The molecule has 3 N–H and O–H groups in total. The van der Waals surface area contributed by atoms with Gasteiger partial charge < -0.3 is 30.0 Å². The van der Waals surface area contributed by atoms with Gasteiger partial charge in [0.15, 0.2) is 0 Å². The maximum atomic E-state index is 11.7. The fourth-order valence-electron chi connectivity index (χ4n) is 3.36. The third-order valence-electron chi connectivity index (χ3n) is 4.77. The smallest absolute Gasteiger partial charge is 0.407 e. The Hall–Kier alpha value is -1.33. The number of ether oxygens (including phenoxy) is 4. The van der Waals surface area contributed by atoms with Crippen LogP contribution in [0.4, 0.5) is 4.79 Å². The Morgan fingerprint density at radius 3 is 2.12 bits per heavy atom. The summed E-state index contributed by atoms with van der Waals surface area (Å²) in [5.74, 6) is 8.29. The molecule has 2 rings (SSSR count). The summed E-state index contributed by atoms with van der Waals surface area (Å²) in [6, 6.07) is 0. The summed E-state index contributed by atoms with van der Waals surface area (Å²) < 4.78 is 21.2. The van der Waals surface area contributed by atoms with E-state index in [4.69, 9.17) is 24.7 Å². The van der Waals surface area contributed by atoms with E-state index in [9.17, 15) is 4.79 Å². The van der Waals surface area contributed by atoms with Crippen LogP contribution in [0.1, 0.15) is 25.7 Å². The third kappa shape index (κ3) is 8.37. The van der Waals surface area contributed by atoms with Crippen LogP contribution < -0.4 is 11.1 Å². The Balaban J connectivity index is 1.36. The van der Waals surface area contributed by atoms with E-state index in [1.165, 1.54) is 0 Å². The summed E-state index contributed by atoms with van der Waals surface area (Å²) in [4.78, 5) is 11.7. The monoisotopic (exact) mass is 368 g/mol. The first-order chi connectivity index (χ1) is 12.8. The molecule has 1 fully saturated rings. The molecule has 1 saturated carbocycles. The van der Waals surface area contributed by atoms with Gasteiger partial charge in [-0.2, -0.15) is 0 Å². The Kier molecular flexibility index (Phi) is 10.4. The summed E-state index contributed by atoms with van der Waals surface area (Å²) in [5, 5.41) is 2.71. The van der Waals surface area contributed by atoms with Crippen LogP contribution in [0.3, 0.4) is 0 Å².